The highest BCUT2D eigenvalue weighted by Gasteiger charge is 2.29. The van der Waals surface area contributed by atoms with Gasteiger partial charge in [0.2, 0.25) is 5.91 Å². The van der Waals surface area contributed by atoms with E-state index in [1.165, 1.54) is 6.42 Å². The summed E-state index contributed by atoms with van der Waals surface area (Å²) in [6.45, 7) is 6.66. The second kappa shape index (κ2) is 6.09. The zero-order chi connectivity index (χ0) is 13.8. The number of hydrogen-bond donors (Lipinski definition) is 2. The Labute approximate surface area is 115 Å². The van der Waals surface area contributed by atoms with Gasteiger partial charge in [-0.3, -0.25) is 4.79 Å². The molecule has 3 nitrogen and oxygen atoms in total. The van der Waals surface area contributed by atoms with Crippen LogP contribution in [0.3, 0.4) is 0 Å². The quantitative estimate of drug-likeness (QED) is 0.815. The molecule has 1 amide bonds. The lowest BCUT2D eigenvalue weighted by molar-refractivity contribution is -0.117. The predicted molar refractivity (Wildman–Crippen MR) is 80.3 cm³/mol. The Morgan fingerprint density at radius 1 is 1.21 bits per heavy atom. The largest absolute Gasteiger partial charge is 0.382 e. The molecule has 2 rings (SSSR count). The average molecular weight is 260 g/mol. The van der Waals surface area contributed by atoms with Crippen molar-refractivity contribution in [1.29, 1.82) is 0 Å². The lowest BCUT2D eigenvalue weighted by Gasteiger charge is -2.21. The maximum atomic E-state index is 11.6. The normalized spacial score (nSPS) is 17.6. The second-order valence-corrected chi connectivity index (χ2v) is 5.66. The molecule has 0 heterocycles. The van der Waals surface area contributed by atoms with Crippen molar-refractivity contribution in [2.45, 2.75) is 46.1 Å². The number of carbonyl (C=O) groups is 1. The van der Waals surface area contributed by atoms with Crippen LogP contribution in [0.4, 0.5) is 11.4 Å². The molecule has 2 unspecified atom stereocenters. The van der Waals surface area contributed by atoms with Gasteiger partial charge in [0.05, 0.1) is 0 Å². The predicted octanol–water partition coefficient (Wildman–Crippen LogP) is 3.88. The monoisotopic (exact) mass is 260 g/mol. The fourth-order valence-corrected chi connectivity index (χ4v) is 2.00. The molecule has 3 heteroatoms. The van der Waals surface area contributed by atoms with Crippen LogP contribution in [0.2, 0.25) is 0 Å². The third-order valence-corrected chi connectivity index (χ3v) is 3.99. The third kappa shape index (κ3) is 3.98. The van der Waals surface area contributed by atoms with Gasteiger partial charge < -0.3 is 10.6 Å². The van der Waals surface area contributed by atoms with Gasteiger partial charge in [0, 0.05) is 23.3 Å². The molecule has 19 heavy (non-hydrogen) atoms. The second-order valence-electron chi connectivity index (χ2n) is 5.66. The van der Waals surface area contributed by atoms with Crippen molar-refractivity contribution in [3.8, 4) is 0 Å². The molecule has 0 aliphatic heterocycles. The van der Waals surface area contributed by atoms with E-state index < -0.39 is 0 Å². The van der Waals surface area contributed by atoms with Crippen LogP contribution >= 0.6 is 0 Å². The lowest BCUT2D eigenvalue weighted by Crippen LogP contribution is -2.23. The van der Waals surface area contributed by atoms with Gasteiger partial charge in [-0.15, -0.1) is 0 Å². The number of carbonyl (C=O) groups excluding carboxylic acids is 1. The number of anilines is 2. The highest BCUT2D eigenvalue weighted by Crippen LogP contribution is 2.30. The molecule has 2 N–H and O–H groups in total. The molecule has 1 saturated carbocycles. The minimum absolute atomic E-state index is 0.161. The van der Waals surface area contributed by atoms with Crippen LogP contribution in [0.1, 0.15) is 40.0 Å². The Morgan fingerprint density at radius 2 is 1.79 bits per heavy atom. The molecule has 104 valence electrons. The standard InChI is InChI=1S/C16H24N2O/c1-4-11(2)12(3)17-14-7-9-15(10-8-14)18-16(19)13-5-6-13/h7-13,17H,4-6H2,1-3H3,(H,18,19). The maximum Gasteiger partial charge on any atom is 0.227 e. The van der Waals surface area contributed by atoms with Crippen molar-refractivity contribution in [2.75, 3.05) is 10.6 Å². The summed E-state index contributed by atoms with van der Waals surface area (Å²) in [7, 11) is 0. The highest BCUT2D eigenvalue weighted by atomic mass is 16.2. The summed E-state index contributed by atoms with van der Waals surface area (Å²) in [6.07, 6.45) is 3.25. The van der Waals surface area contributed by atoms with Crippen molar-refractivity contribution in [2.24, 2.45) is 11.8 Å². The summed E-state index contributed by atoms with van der Waals surface area (Å²) >= 11 is 0. The summed E-state index contributed by atoms with van der Waals surface area (Å²) < 4.78 is 0. The zero-order valence-corrected chi connectivity index (χ0v) is 12.1. The van der Waals surface area contributed by atoms with Gasteiger partial charge in [-0.1, -0.05) is 20.3 Å². The lowest BCUT2D eigenvalue weighted by atomic mass is 10.0. The van der Waals surface area contributed by atoms with Crippen LogP contribution in [-0.4, -0.2) is 11.9 Å². The molecule has 1 aromatic rings. The van der Waals surface area contributed by atoms with Gasteiger partial charge in [0.1, 0.15) is 0 Å². The van der Waals surface area contributed by atoms with E-state index in [2.05, 4.69) is 31.4 Å². The van der Waals surface area contributed by atoms with Gasteiger partial charge >= 0.3 is 0 Å². The van der Waals surface area contributed by atoms with Crippen molar-refractivity contribution >= 4 is 17.3 Å². The minimum Gasteiger partial charge on any atom is -0.382 e. The van der Waals surface area contributed by atoms with E-state index in [4.69, 9.17) is 0 Å². The van der Waals surface area contributed by atoms with Gasteiger partial charge in [-0.2, -0.15) is 0 Å². The number of hydrogen-bond acceptors (Lipinski definition) is 2. The molecule has 0 aromatic heterocycles. The van der Waals surface area contributed by atoms with E-state index in [0.29, 0.717) is 12.0 Å². The molecule has 0 bridgehead atoms. The van der Waals surface area contributed by atoms with Crippen LogP contribution in [0, 0.1) is 11.8 Å². The summed E-state index contributed by atoms with van der Waals surface area (Å²) in [4.78, 5) is 11.6. The molecular formula is C16H24N2O. The van der Waals surface area contributed by atoms with E-state index in [9.17, 15) is 4.79 Å². The first kappa shape index (κ1) is 13.9. The molecule has 1 aliphatic rings. The highest BCUT2D eigenvalue weighted by molar-refractivity contribution is 5.94. The van der Waals surface area contributed by atoms with E-state index in [0.717, 1.165) is 24.2 Å². The molecule has 0 saturated heterocycles. The molecule has 2 atom stereocenters. The molecular weight excluding hydrogens is 236 g/mol. The van der Waals surface area contributed by atoms with Gasteiger partial charge in [-0.05, 0) is 49.9 Å². The summed E-state index contributed by atoms with van der Waals surface area (Å²) in [6, 6.07) is 8.44. The van der Waals surface area contributed by atoms with Crippen LogP contribution in [0.15, 0.2) is 24.3 Å². The zero-order valence-electron chi connectivity index (χ0n) is 12.1. The fourth-order valence-electron chi connectivity index (χ4n) is 2.00. The Morgan fingerprint density at radius 3 is 2.32 bits per heavy atom. The summed E-state index contributed by atoms with van der Waals surface area (Å²) in [5, 5.41) is 6.45. The van der Waals surface area contributed by atoms with Gasteiger partial charge in [0.25, 0.3) is 0 Å². The number of benzene rings is 1. The third-order valence-electron chi connectivity index (χ3n) is 3.99. The van der Waals surface area contributed by atoms with Crippen molar-refractivity contribution in [1.82, 2.24) is 0 Å². The van der Waals surface area contributed by atoms with Crippen molar-refractivity contribution < 1.29 is 4.79 Å². The maximum absolute atomic E-state index is 11.6. The SMILES string of the molecule is CCC(C)C(C)Nc1ccc(NC(=O)C2CC2)cc1. The topological polar surface area (TPSA) is 41.1 Å². The van der Waals surface area contributed by atoms with Gasteiger partial charge in [-0.25, -0.2) is 0 Å². The number of amides is 1. The molecule has 1 fully saturated rings. The Hall–Kier alpha value is -1.51. The van der Waals surface area contributed by atoms with Crippen LogP contribution in [0.25, 0.3) is 0 Å². The molecule has 0 radical (unpaired) electrons. The van der Waals surface area contributed by atoms with Crippen molar-refractivity contribution in [3.63, 3.8) is 0 Å². The molecule has 1 aromatic carbocycles. The number of nitrogens with one attached hydrogen (secondary N) is 2. The molecule has 0 spiro atoms. The minimum atomic E-state index is 0.161. The van der Waals surface area contributed by atoms with Gasteiger partial charge in [0.15, 0.2) is 0 Å². The van der Waals surface area contributed by atoms with E-state index in [-0.39, 0.29) is 11.8 Å². The van der Waals surface area contributed by atoms with Crippen LogP contribution < -0.4 is 10.6 Å². The first-order valence-electron chi connectivity index (χ1n) is 7.27. The summed E-state index contributed by atoms with van der Waals surface area (Å²) in [5.74, 6) is 1.06. The molecule has 1 aliphatic carbocycles. The van der Waals surface area contributed by atoms with Crippen LogP contribution in [0.5, 0.6) is 0 Å². The smallest absolute Gasteiger partial charge is 0.227 e. The van der Waals surface area contributed by atoms with E-state index in [1.54, 1.807) is 0 Å². The average Bonchev–Trinajstić information content (AvgIpc) is 3.24. The van der Waals surface area contributed by atoms with E-state index >= 15 is 0 Å². The fraction of sp³-hybridized carbons (Fsp3) is 0.562. The van der Waals surface area contributed by atoms with E-state index in [1.807, 2.05) is 24.3 Å². The number of rotatable bonds is 6. The first-order valence-corrected chi connectivity index (χ1v) is 7.27. The van der Waals surface area contributed by atoms with Crippen molar-refractivity contribution in [3.05, 3.63) is 24.3 Å². The first-order chi connectivity index (χ1) is 9.10. The Bertz CT molecular complexity index is 423. The van der Waals surface area contributed by atoms with Crippen LogP contribution in [-0.2, 0) is 4.79 Å². The Balaban J connectivity index is 1.88. The Kier molecular flexibility index (Phi) is 4.46. The summed E-state index contributed by atoms with van der Waals surface area (Å²) in [5.41, 5.74) is 2.00.